The second-order valence-electron chi connectivity index (χ2n) is 4.29. The molecule has 1 rings (SSSR count). The molecule has 0 heterocycles. The molecule has 84 valence electrons. The molecule has 2 unspecified atom stereocenters. The van der Waals surface area contributed by atoms with Crippen molar-refractivity contribution in [3.05, 3.63) is 34.3 Å². The lowest BCUT2D eigenvalue weighted by atomic mass is 9.96. The van der Waals surface area contributed by atoms with E-state index in [1.165, 1.54) is 0 Å². The third-order valence-corrected chi connectivity index (χ3v) is 3.16. The van der Waals surface area contributed by atoms with Crippen LogP contribution in [0.4, 0.5) is 0 Å². The first-order valence-electron chi connectivity index (χ1n) is 5.48. The van der Waals surface area contributed by atoms with Gasteiger partial charge in [-0.1, -0.05) is 44.0 Å². The van der Waals surface area contributed by atoms with Gasteiger partial charge in [0, 0.05) is 5.02 Å². The van der Waals surface area contributed by atoms with Gasteiger partial charge in [-0.05, 0) is 36.5 Å². The van der Waals surface area contributed by atoms with Gasteiger partial charge in [0.15, 0.2) is 0 Å². The van der Waals surface area contributed by atoms with Crippen molar-refractivity contribution in [2.75, 3.05) is 0 Å². The van der Waals surface area contributed by atoms with Crippen molar-refractivity contribution in [3.8, 4) is 0 Å². The minimum atomic E-state index is -0.437. The lowest BCUT2D eigenvalue weighted by Gasteiger charge is -2.16. The van der Waals surface area contributed by atoms with E-state index in [1.54, 1.807) is 0 Å². The molecular weight excluding hydrogens is 208 g/mol. The third kappa shape index (κ3) is 3.51. The van der Waals surface area contributed by atoms with Crippen LogP contribution in [0.3, 0.4) is 0 Å². The van der Waals surface area contributed by atoms with E-state index in [4.69, 9.17) is 11.6 Å². The molecule has 0 aliphatic heterocycles. The number of aliphatic hydroxyl groups excluding tert-OH is 1. The van der Waals surface area contributed by atoms with E-state index in [0.717, 1.165) is 24.0 Å². The first-order valence-corrected chi connectivity index (χ1v) is 5.86. The van der Waals surface area contributed by atoms with Crippen LogP contribution in [0.1, 0.15) is 43.9 Å². The molecule has 0 bridgehead atoms. The highest BCUT2D eigenvalue weighted by molar-refractivity contribution is 6.31. The lowest BCUT2D eigenvalue weighted by Crippen LogP contribution is -2.04. The average Bonchev–Trinajstić information content (AvgIpc) is 2.17. The maximum atomic E-state index is 10.0. The summed E-state index contributed by atoms with van der Waals surface area (Å²) in [4.78, 5) is 0. The number of hydrogen-bond donors (Lipinski definition) is 1. The van der Waals surface area contributed by atoms with Crippen LogP contribution in [-0.2, 0) is 0 Å². The maximum Gasteiger partial charge on any atom is 0.0807 e. The maximum absolute atomic E-state index is 10.0. The summed E-state index contributed by atoms with van der Waals surface area (Å²) in [5.74, 6) is 0.525. The van der Waals surface area contributed by atoms with Gasteiger partial charge in [0.05, 0.1) is 6.10 Å². The quantitative estimate of drug-likeness (QED) is 0.819. The molecule has 15 heavy (non-hydrogen) atoms. The zero-order valence-corrected chi connectivity index (χ0v) is 10.4. The highest BCUT2D eigenvalue weighted by Crippen LogP contribution is 2.29. The van der Waals surface area contributed by atoms with E-state index in [0.29, 0.717) is 10.9 Å². The monoisotopic (exact) mass is 226 g/mol. The molecule has 0 amide bonds. The number of halogens is 1. The molecular formula is C13H19ClO. The summed E-state index contributed by atoms with van der Waals surface area (Å²) in [6, 6.07) is 5.81. The second-order valence-corrected chi connectivity index (χ2v) is 4.70. The Morgan fingerprint density at radius 1 is 1.40 bits per heavy atom. The molecule has 1 N–H and O–H groups in total. The van der Waals surface area contributed by atoms with E-state index in [-0.39, 0.29) is 0 Å². The number of aliphatic hydroxyl groups is 1. The fourth-order valence-corrected chi connectivity index (χ4v) is 1.94. The summed E-state index contributed by atoms with van der Waals surface area (Å²) in [6.07, 6.45) is 1.42. The molecule has 1 aromatic carbocycles. The van der Waals surface area contributed by atoms with Crippen molar-refractivity contribution in [1.29, 1.82) is 0 Å². The van der Waals surface area contributed by atoms with Gasteiger partial charge in [0.1, 0.15) is 0 Å². The third-order valence-electron chi connectivity index (χ3n) is 2.84. The molecule has 1 aromatic rings. The van der Waals surface area contributed by atoms with Gasteiger partial charge in [0.2, 0.25) is 0 Å². The van der Waals surface area contributed by atoms with Gasteiger partial charge in [-0.2, -0.15) is 0 Å². The average molecular weight is 227 g/mol. The van der Waals surface area contributed by atoms with Crippen LogP contribution < -0.4 is 0 Å². The molecule has 1 nitrogen and oxygen atoms in total. The Hall–Kier alpha value is -0.530. The highest BCUT2D eigenvalue weighted by Gasteiger charge is 2.14. The Labute approximate surface area is 97.1 Å². The fourth-order valence-electron chi connectivity index (χ4n) is 1.58. The molecule has 0 saturated carbocycles. The number of aryl methyl sites for hydroxylation is 1. The Balaban J connectivity index is 2.77. The normalized spacial score (nSPS) is 15.0. The summed E-state index contributed by atoms with van der Waals surface area (Å²) in [5, 5.41) is 10.7. The predicted octanol–water partition coefficient (Wildman–Crippen LogP) is 4.12. The molecule has 0 aromatic heterocycles. The molecule has 0 aliphatic carbocycles. The lowest BCUT2D eigenvalue weighted by molar-refractivity contribution is 0.146. The Kier molecular flexibility index (Phi) is 4.62. The van der Waals surface area contributed by atoms with Crippen molar-refractivity contribution >= 4 is 11.6 Å². The van der Waals surface area contributed by atoms with E-state index in [9.17, 15) is 5.11 Å². The first-order chi connectivity index (χ1) is 7.04. The van der Waals surface area contributed by atoms with Crippen LogP contribution in [0.2, 0.25) is 5.02 Å². The number of rotatable bonds is 4. The first kappa shape index (κ1) is 12.5. The van der Waals surface area contributed by atoms with Gasteiger partial charge in [-0.15, -0.1) is 0 Å². The van der Waals surface area contributed by atoms with E-state index < -0.39 is 6.10 Å². The SMILES string of the molecule is CCC(C)CC(O)c1ccc(C)cc1Cl. The molecule has 0 fully saturated rings. The zero-order valence-electron chi connectivity index (χ0n) is 9.63. The number of hydrogen-bond acceptors (Lipinski definition) is 1. The van der Waals surface area contributed by atoms with Crippen molar-refractivity contribution in [3.63, 3.8) is 0 Å². The highest BCUT2D eigenvalue weighted by atomic mass is 35.5. The molecule has 2 atom stereocenters. The van der Waals surface area contributed by atoms with Crippen molar-refractivity contribution in [2.45, 2.75) is 39.7 Å². The Morgan fingerprint density at radius 2 is 2.07 bits per heavy atom. The van der Waals surface area contributed by atoms with Gasteiger partial charge >= 0.3 is 0 Å². The number of benzene rings is 1. The standard InChI is InChI=1S/C13H19ClO/c1-4-9(2)8-13(15)11-6-5-10(3)7-12(11)14/h5-7,9,13,15H,4,8H2,1-3H3. The smallest absolute Gasteiger partial charge is 0.0807 e. The van der Waals surface area contributed by atoms with Crippen LogP contribution in [0.25, 0.3) is 0 Å². The van der Waals surface area contributed by atoms with Gasteiger partial charge in [-0.3, -0.25) is 0 Å². The molecule has 0 aliphatic rings. The Morgan fingerprint density at radius 3 is 2.60 bits per heavy atom. The molecule has 0 saturated heterocycles. The van der Waals surface area contributed by atoms with Crippen LogP contribution in [0.15, 0.2) is 18.2 Å². The summed E-state index contributed by atoms with van der Waals surface area (Å²) in [7, 11) is 0. The minimum Gasteiger partial charge on any atom is -0.388 e. The van der Waals surface area contributed by atoms with E-state index in [2.05, 4.69) is 13.8 Å². The molecule has 0 spiro atoms. The van der Waals surface area contributed by atoms with E-state index >= 15 is 0 Å². The summed E-state index contributed by atoms with van der Waals surface area (Å²) >= 11 is 6.09. The van der Waals surface area contributed by atoms with Gasteiger partial charge < -0.3 is 5.11 Å². The minimum absolute atomic E-state index is 0.437. The zero-order chi connectivity index (χ0) is 11.4. The predicted molar refractivity (Wildman–Crippen MR) is 65.2 cm³/mol. The summed E-state index contributed by atoms with van der Waals surface area (Å²) < 4.78 is 0. The van der Waals surface area contributed by atoms with Gasteiger partial charge in [0.25, 0.3) is 0 Å². The summed E-state index contributed by atoms with van der Waals surface area (Å²) in [5.41, 5.74) is 1.97. The fraction of sp³-hybridized carbons (Fsp3) is 0.538. The topological polar surface area (TPSA) is 20.2 Å². The van der Waals surface area contributed by atoms with Crippen LogP contribution in [0.5, 0.6) is 0 Å². The second kappa shape index (κ2) is 5.53. The van der Waals surface area contributed by atoms with Crippen molar-refractivity contribution in [1.82, 2.24) is 0 Å². The van der Waals surface area contributed by atoms with Crippen LogP contribution in [0, 0.1) is 12.8 Å². The van der Waals surface area contributed by atoms with E-state index in [1.807, 2.05) is 25.1 Å². The largest absolute Gasteiger partial charge is 0.388 e. The van der Waals surface area contributed by atoms with Gasteiger partial charge in [-0.25, -0.2) is 0 Å². The molecule has 0 radical (unpaired) electrons. The summed E-state index contributed by atoms with van der Waals surface area (Å²) in [6.45, 7) is 6.27. The Bertz CT molecular complexity index is 322. The van der Waals surface area contributed by atoms with Crippen LogP contribution in [-0.4, -0.2) is 5.11 Å². The van der Waals surface area contributed by atoms with Crippen LogP contribution >= 0.6 is 11.6 Å². The van der Waals surface area contributed by atoms with Crippen molar-refractivity contribution in [2.24, 2.45) is 5.92 Å². The van der Waals surface area contributed by atoms with Crippen molar-refractivity contribution < 1.29 is 5.11 Å². The molecule has 2 heteroatoms.